The number of halogens is 3. The van der Waals surface area contributed by atoms with Gasteiger partial charge in [-0.15, -0.1) is 0 Å². The van der Waals surface area contributed by atoms with Crippen molar-refractivity contribution >= 4 is 68.7 Å². The number of hydrogen-bond acceptors (Lipinski definition) is 5. The van der Waals surface area contributed by atoms with Crippen molar-refractivity contribution in [2.24, 2.45) is 5.10 Å². The molecule has 30 heavy (non-hydrogen) atoms. The number of benzene rings is 3. The second kappa shape index (κ2) is 10.9. The minimum Gasteiger partial charge on any atom is -0.487 e. The van der Waals surface area contributed by atoms with Gasteiger partial charge >= 0.3 is 0 Å². The zero-order valence-electron chi connectivity index (χ0n) is 15.5. The van der Waals surface area contributed by atoms with E-state index in [0.29, 0.717) is 18.2 Å². The highest BCUT2D eigenvalue weighted by Crippen LogP contribution is 2.29. The van der Waals surface area contributed by atoms with Crippen molar-refractivity contribution in [3.8, 4) is 5.75 Å². The SMILES string of the molecule is O=[N+]([O-])c1ccc(COc2c(I)cc(/C=N\NCc3ccccc3Cl)cc2I)cc1. The Morgan fingerprint density at radius 1 is 1.10 bits per heavy atom. The fourth-order valence-corrected chi connectivity index (χ4v) is 4.88. The summed E-state index contributed by atoms with van der Waals surface area (Å²) in [5.74, 6) is 0.774. The molecule has 0 saturated carbocycles. The minimum atomic E-state index is -0.417. The lowest BCUT2D eigenvalue weighted by Crippen LogP contribution is -2.06. The van der Waals surface area contributed by atoms with Crippen LogP contribution in [-0.4, -0.2) is 11.1 Å². The molecule has 0 saturated heterocycles. The van der Waals surface area contributed by atoms with Crippen LogP contribution >= 0.6 is 56.8 Å². The van der Waals surface area contributed by atoms with Crippen LogP contribution in [0, 0.1) is 17.3 Å². The highest BCUT2D eigenvalue weighted by atomic mass is 127. The van der Waals surface area contributed by atoms with E-state index in [1.165, 1.54) is 12.1 Å². The van der Waals surface area contributed by atoms with Crippen LogP contribution < -0.4 is 10.2 Å². The van der Waals surface area contributed by atoms with Crippen LogP contribution in [0.2, 0.25) is 5.02 Å². The molecule has 0 aliphatic carbocycles. The number of non-ortho nitro benzene ring substituents is 1. The first-order valence-corrected chi connectivity index (χ1v) is 11.3. The maximum absolute atomic E-state index is 10.7. The van der Waals surface area contributed by atoms with Crippen molar-refractivity contribution in [2.75, 3.05) is 0 Å². The standard InChI is InChI=1S/C21H16ClI2N3O3/c22-18-4-2-1-3-16(18)12-26-25-11-15-9-19(23)21(20(24)10-15)30-13-14-5-7-17(8-6-14)27(28)29/h1-11,26H,12-13H2/b25-11-. The molecular formula is C21H16ClI2N3O3. The fourth-order valence-electron chi connectivity index (χ4n) is 2.55. The van der Waals surface area contributed by atoms with E-state index in [1.54, 1.807) is 18.3 Å². The first-order valence-electron chi connectivity index (χ1n) is 8.78. The van der Waals surface area contributed by atoms with Crippen molar-refractivity contribution < 1.29 is 9.66 Å². The molecule has 3 aromatic carbocycles. The lowest BCUT2D eigenvalue weighted by atomic mass is 10.2. The van der Waals surface area contributed by atoms with Crippen molar-refractivity contribution in [1.29, 1.82) is 0 Å². The molecule has 0 aliphatic heterocycles. The van der Waals surface area contributed by atoms with Gasteiger partial charge in [0.05, 0.1) is 24.8 Å². The number of nitro groups is 1. The first kappa shape index (κ1) is 22.8. The quantitative estimate of drug-likeness (QED) is 0.138. The Morgan fingerprint density at radius 3 is 2.40 bits per heavy atom. The predicted octanol–water partition coefficient (Wildman–Crippen LogP) is 6.16. The van der Waals surface area contributed by atoms with Crippen molar-refractivity contribution in [3.05, 3.63) is 99.6 Å². The minimum absolute atomic E-state index is 0.0645. The number of rotatable bonds is 8. The summed E-state index contributed by atoms with van der Waals surface area (Å²) in [5, 5.41) is 15.7. The molecule has 0 amide bonds. The van der Waals surface area contributed by atoms with Crippen LogP contribution in [0.4, 0.5) is 5.69 Å². The zero-order valence-corrected chi connectivity index (χ0v) is 20.6. The molecule has 0 heterocycles. The molecule has 6 nitrogen and oxygen atoms in total. The molecule has 0 spiro atoms. The van der Waals surface area contributed by atoms with Gasteiger partial charge in [-0.1, -0.05) is 29.8 Å². The number of ether oxygens (including phenoxy) is 1. The normalized spacial score (nSPS) is 10.9. The Bertz CT molecular complexity index is 1050. The molecule has 3 aromatic rings. The monoisotopic (exact) mass is 647 g/mol. The first-order chi connectivity index (χ1) is 14.4. The van der Waals surface area contributed by atoms with Crippen LogP contribution in [0.15, 0.2) is 65.8 Å². The number of nitrogens with one attached hydrogen (secondary N) is 1. The van der Waals surface area contributed by atoms with Gasteiger partial charge in [-0.25, -0.2) is 0 Å². The number of nitro benzene ring substituents is 1. The van der Waals surface area contributed by atoms with Crippen LogP contribution in [-0.2, 0) is 13.2 Å². The van der Waals surface area contributed by atoms with E-state index >= 15 is 0 Å². The number of nitrogens with zero attached hydrogens (tertiary/aromatic N) is 2. The van der Waals surface area contributed by atoms with Gasteiger partial charge in [0.2, 0.25) is 0 Å². The molecular weight excluding hydrogens is 632 g/mol. The molecule has 0 fully saturated rings. The molecule has 154 valence electrons. The topological polar surface area (TPSA) is 76.8 Å². The Morgan fingerprint density at radius 2 is 1.77 bits per heavy atom. The van der Waals surface area contributed by atoms with Gasteiger partial charge in [0.25, 0.3) is 5.69 Å². The Kier molecular flexibility index (Phi) is 8.28. The van der Waals surface area contributed by atoms with Gasteiger partial charge in [-0.05, 0) is 92.2 Å². The van der Waals surface area contributed by atoms with Gasteiger partial charge in [-0.3, -0.25) is 10.1 Å². The third kappa shape index (κ3) is 6.29. The van der Waals surface area contributed by atoms with E-state index in [9.17, 15) is 10.1 Å². The molecule has 0 aromatic heterocycles. The van der Waals surface area contributed by atoms with Crippen molar-refractivity contribution in [3.63, 3.8) is 0 Å². The summed E-state index contributed by atoms with van der Waals surface area (Å²) in [6.07, 6.45) is 1.75. The van der Waals surface area contributed by atoms with Gasteiger partial charge < -0.3 is 10.2 Å². The molecule has 0 atom stereocenters. The van der Waals surface area contributed by atoms with E-state index < -0.39 is 4.92 Å². The molecule has 1 N–H and O–H groups in total. The molecule has 0 radical (unpaired) electrons. The molecule has 9 heteroatoms. The van der Waals surface area contributed by atoms with Crippen LogP contribution in [0.25, 0.3) is 0 Å². The summed E-state index contributed by atoms with van der Waals surface area (Å²) >= 11 is 10.6. The number of hydrazone groups is 1. The second-order valence-corrected chi connectivity index (χ2v) is 8.94. The maximum atomic E-state index is 10.7. The molecule has 3 rings (SSSR count). The average Bonchev–Trinajstić information content (AvgIpc) is 2.72. The highest BCUT2D eigenvalue weighted by molar-refractivity contribution is 14.1. The fraction of sp³-hybridized carbons (Fsp3) is 0.0952. The smallest absolute Gasteiger partial charge is 0.269 e. The van der Waals surface area contributed by atoms with E-state index in [2.05, 4.69) is 55.7 Å². The third-order valence-corrected chi connectivity index (χ3v) is 6.05. The summed E-state index contributed by atoms with van der Waals surface area (Å²) in [4.78, 5) is 10.3. The summed E-state index contributed by atoms with van der Waals surface area (Å²) in [5.41, 5.74) is 5.86. The van der Waals surface area contributed by atoms with E-state index in [1.807, 2.05) is 36.4 Å². The van der Waals surface area contributed by atoms with E-state index in [-0.39, 0.29) is 5.69 Å². The highest BCUT2D eigenvalue weighted by Gasteiger charge is 2.10. The van der Waals surface area contributed by atoms with Crippen molar-refractivity contribution in [1.82, 2.24) is 5.43 Å². The lowest BCUT2D eigenvalue weighted by molar-refractivity contribution is -0.384. The molecule has 0 bridgehead atoms. The summed E-state index contributed by atoms with van der Waals surface area (Å²) in [7, 11) is 0. The van der Waals surface area contributed by atoms with Gasteiger partial charge in [-0.2, -0.15) is 5.10 Å². The van der Waals surface area contributed by atoms with Crippen LogP contribution in [0.3, 0.4) is 0 Å². The second-order valence-electron chi connectivity index (χ2n) is 6.21. The largest absolute Gasteiger partial charge is 0.487 e. The third-order valence-electron chi connectivity index (χ3n) is 4.08. The summed E-state index contributed by atoms with van der Waals surface area (Å²) in [6, 6.07) is 17.9. The Hall–Kier alpha value is -1.92. The zero-order chi connectivity index (χ0) is 21.5. The van der Waals surface area contributed by atoms with Crippen molar-refractivity contribution in [2.45, 2.75) is 13.2 Å². The number of hydrogen-bond donors (Lipinski definition) is 1. The predicted molar refractivity (Wildman–Crippen MR) is 135 cm³/mol. The maximum Gasteiger partial charge on any atom is 0.269 e. The molecule has 0 aliphatic rings. The summed E-state index contributed by atoms with van der Waals surface area (Å²) < 4.78 is 7.85. The van der Waals surface area contributed by atoms with Gasteiger partial charge in [0.1, 0.15) is 12.4 Å². The van der Waals surface area contributed by atoms with Crippen LogP contribution in [0.5, 0.6) is 5.75 Å². The van der Waals surface area contributed by atoms with Gasteiger partial charge in [0, 0.05) is 17.2 Å². The lowest BCUT2D eigenvalue weighted by Gasteiger charge is -2.11. The summed E-state index contributed by atoms with van der Waals surface area (Å²) in [6.45, 7) is 0.873. The van der Waals surface area contributed by atoms with E-state index in [0.717, 1.165) is 29.6 Å². The van der Waals surface area contributed by atoms with Gasteiger partial charge in [0.15, 0.2) is 0 Å². The average molecular weight is 648 g/mol. The Labute approximate surface area is 206 Å². The van der Waals surface area contributed by atoms with E-state index in [4.69, 9.17) is 16.3 Å². The van der Waals surface area contributed by atoms with Crippen LogP contribution in [0.1, 0.15) is 16.7 Å². The Balaban J connectivity index is 1.60. The molecule has 0 unspecified atom stereocenters.